The summed E-state index contributed by atoms with van der Waals surface area (Å²) in [5, 5.41) is 2.86. The highest BCUT2D eigenvalue weighted by Gasteiger charge is 2.24. The topological polar surface area (TPSA) is 99.6 Å². The van der Waals surface area contributed by atoms with Gasteiger partial charge in [0.05, 0.1) is 0 Å². The van der Waals surface area contributed by atoms with Gasteiger partial charge in [0.1, 0.15) is 13.2 Å². The van der Waals surface area contributed by atoms with Gasteiger partial charge in [-0.3, -0.25) is 4.79 Å². The molecule has 1 aromatic carbocycles. The van der Waals surface area contributed by atoms with Crippen LogP contribution in [0.4, 0.5) is 0 Å². The Balaban J connectivity index is 1.79. The first-order valence-corrected chi connectivity index (χ1v) is 8.47. The molecular weight excluding hydrogens is 322 g/mol. The van der Waals surface area contributed by atoms with Crippen molar-refractivity contribution in [3.05, 3.63) is 30.3 Å². The number of rotatable bonds is 6. The molecule has 0 aliphatic carbocycles. The largest absolute Gasteiger partial charge is 0.486 e. The van der Waals surface area contributed by atoms with E-state index in [1.807, 2.05) is 19.9 Å². The number of oxazole rings is 1. The molecule has 1 aliphatic rings. The van der Waals surface area contributed by atoms with Gasteiger partial charge in [0, 0.05) is 17.6 Å². The molecule has 134 valence electrons. The van der Waals surface area contributed by atoms with Crippen molar-refractivity contribution in [2.45, 2.75) is 32.2 Å². The Morgan fingerprint density at radius 2 is 1.96 bits per heavy atom. The lowest BCUT2D eigenvalue weighted by Gasteiger charge is -2.26. The second kappa shape index (κ2) is 7.14. The Morgan fingerprint density at radius 1 is 1.24 bits per heavy atom. The monoisotopic (exact) mass is 345 g/mol. The fourth-order valence-electron chi connectivity index (χ4n) is 2.64. The third-order valence-electron chi connectivity index (χ3n) is 4.60. The SMILES string of the molecule is CCC(N)(CC)CNC(=O)c1ncoc1-c1ccc2c(c1)OCCO2. The number of hydrogen-bond acceptors (Lipinski definition) is 6. The van der Waals surface area contributed by atoms with E-state index in [0.29, 0.717) is 42.6 Å². The zero-order valence-corrected chi connectivity index (χ0v) is 14.5. The molecule has 1 amide bonds. The number of amides is 1. The van der Waals surface area contributed by atoms with Gasteiger partial charge >= 0.3 is 0 Å². The lowest BCUT2D eigenvalue weighted by molar-refractivity contribution is 0.0938. The number of hydrogen-bond donors (Lipinski definition) is 2. The molecule has 0 spiro atoms. The molecule has 0 fully saturated rings. The number of carbonyl (C=O) groups excluding carboxylic acids is 1. The highest BCUT2D eigenvalue weighted by Crippen LogP contribution is 2.35. The van der Waals surface area contributed by atoms with Crippen molar-refractivity contribution in [1.29, 1.82) is 0 Å². The third kappa shape index (κ3) is 3.61. The number of carbonyl (C=O) groups is 1. The van der Waals surface area contributed by atoms with Crippen LogP contribution in [0.25, 0.3) is 11.3 Å². The Morgan fingerprint density at radius 3 is 2.68 bits per heavy atom. The average Bonchev–Trinajstić information content (AvgIpc) is 3.15. The molecule has 7 nitrogen and oxygen atoms in total. The van der Waals surface area contributed by atoms with Gasteiger partial charge < -0.3 is 24.9 Å². The van der Waals surface area contributed by atoms with Crippen LogP contribution in [0.2, 0.25) is 0 Å². The fraction of sp³-hybridized carbons (Fsp3) is 0.444. The molecule has 3 rings (SSSR count). The van der Waals surface area contributed by atoms with Crippen molar-refractivity contribution in [2.24, 2.45) is 5.73 Å². The number of benzene rings is 1. The lowest BCUT2D eigenvalue weighted by Crippen LogP contribution is -2.49. The minimum atomic E-state index is -0.420. The van der Waals surface area contributed by atoms with E-state index in [-0.39, 0.29) is 11.6 Å². The molecule has 0 unspecified atom stereocenters. The third-order valence-corrected chi connectivity index (χ3v) is 4.60. The number of aromatic nitrogens is 1. The molecule has 3 N–H and O–H groups in total. The highest BCUT2D eigenvalue weighted by molar-refractivity contribution is 5.97. The molecule has 0 saturated heterocycles. The maximum atomic E-state index is 12.5. The van der Waals surface area contributed by atoms with Gasteiger partial charge in [-0.1, -0.05) is 13.8 Å². The maximum Gasteiger partial charge on any atom is 0.273 e. The Labute approximate surface area is 146 Å². The van der Waals surface area contributed by atoms with E-state index in [2.05, 4.69) is 10.3 Å². The summed E-state index contributed by atoms with van der Waals surface area (Å²) in [5.41, 5.74) is 6.75. The van der Waals surface area contributed by atoms with Crippen LogP contribution in [-0.2, 0) is 0 Å². The molecule has 2 heterocycles. The molecule has 7 heteroatoms. The number of ether oxygens (including phenoxy) is 2. The van der Waals surface area contributed by atoms with E-state index in [1.54, 1.807) is 12.1 Å². The standard InChI is InChI=1S/C18H23N3O4/c1-3-18(19,4-2)10-20-17(22)15-16(25-11-21-15)12-5-6-13-14(9-12)24-8-7-23-13/h5-6,9,11H,3-4,7-8,10,19H2,1-2H3,(H,20,22). The number of nitrogens with zero attached hydrogens (tertiary/aromatic N) is 1. The Bertz CT molecular complexity index is 753. The fourth-order valence-corrected chi connectivity index (χ4v) is 2.64. The molecular formula is C18H23N3O4. The van der Waals surface area contributed by atoms with E-state index < -0.39 is 5.54 Å². The van der Waals surface area contributed by atoms with Crippen LogP contribution in [0.3, 0.4) is 0 Å². The quantitative estimate of drug-likeness (QED) is 0.834. The van der Waals surface area contributed by atoms with Crippen LogP contribution in [0.1, 0.15) is 37.2 Å². The number of nitrogens with one attached hydrogen (secondary N) is 1. The van der Waals surface area contributed by atoms with Crippen LogP contribution in [-0.4, -0.2) is 36.2 Å². The first kappa shape index (κ1) is 17.3. The minimum absolute atomic E-state index is 0.228. The molecule has 1 aliphatic heterocycles. The summed E-state index contributed by atoms with van der Waals surface area (Å²) in [5.74, 6) is 1.39. The molecule has 0 bridgehead atoms. The second-order valence-corrected chi connectivity index (χ2v) is 6.14. The molecule has 0 saturated carbocycles. The average molecular weight is 345 g/mol. The van der Waals surface area contributed by atoms with Crippen LogP contribution in [0.5, 0.6) is 11.5 Å². The highest BCUT2D eigenvalue weighted by atomic mass is 16.6. The first-order valence-electron chi connectivity index (χ1n) is 8.47. The van der Waals surface area contributed by atoms with Gasteiger partial charge in [0.2, 0.25) is 0 Å². The van der Waals surface area contributed by atoms with E-state index in [1.165, 1.54) is 6.39 Å². The Kier molecular flexibility index (Phi) is 4.94. The van der Waals surface area contributed by atoms with E-state index in [0.717, 1.165) is 12.8 Å². The van der Waals surface area contributed by atoms with Crippen LogP contribution in [0, 0.1) is 0 Å². The van der Waals surface area contributed by atoms with Gasteiger partial charge in [0.15, 0.2) is 29.3 Å². The van der Waals surface area contributed by atoms with Gasteiger partial charge in [0.25, 0.3) is 5.91 Å². The second-order valence-electron chi connectivity index (χ2n) is 6.14. The van der Waals surface area contributed by atoms with E-state index in [4.69, 9.17) is 19.6 Å². The zero-order chi connectivity index (χ0) is 17.9. The molecule has 2 aromatic rings. The van der Waals surface area contributed by atoms with E-state index in [9.17, 15) is 4.79 Å². The van der Waals surface area contributed by atoms with Crippen LogP contribution < -0.4 is 20.5 Å². The molecule has 1 aromatic heterocycles. The van der Waals surface area contributed by atoms with Crippen molar-refractivity contribution in [3.63, 3.8) is 0 Å². The first-order chi connectivity index (χ1) is 12.1. The molecule has 0 atom stereocenters. The maximum absolute atomic E-state index is 12.5. The predicted molar refractivity (Wildman–Crippen MR) is 92.8 cm³/mol. The summed E-state index contributed by atoms with van der Waals surface area (Å²) in [6, 6.07) is 5.40. The van der Waals surface area contributed by atoms with Gasteiger partial charge in [-0.05, 0) is 31.0 Å². The van der Waals surface area contributed by atoms with Crippen LogP contribution in [0.15, 0.2) is 29.0 Å². The zero-order valence-electron chi connectivity index (χ0n) is 14.5. The summed E-state index contributed by atoms with van der Waals surface area (Å²) in [4.78, 5) is 16.6. The summed E-state index contributed by atoms with van der Waals surface area (Å²) in [7, 11) is 0. The summed E-state index contributed by atoms with van der Waals surface area (Å²) >= 11 is 0. The van der Waals surface area contributed by atoms with Crippen molar-refractivity contribution >= 4 is 5.91 Å². The molecule has 0 radical (unpaired) electrons. The van der Waals surface area contributed by atoms with Crippen molar-refractivity contribution in [2.75, 3.05) is 19.8 Å². The van der Waals surface area contributed by atoms with Gasteiger partial charge in [-0.25, -0.2) is 4.98 Å². The predicted octanol–water partition coefficient (Wildman–Crippen LogP) is 2.36. The summed E-state index contributed by atoms with van der Waals surface area (Å²) in [6.45, 7) is 5.41. The smallest absolute Gasteiger partial charge is 0.273 e. The van der Waals surface area contributed by atoms with Gasteiger partial charge in [-0.2, -0.15) is 0 Å². The Hall–Kier alpha value is -2.54. The summed E-state index contributed by atoms with van der Waals surface area (Å²) < 4.78 is 16.5. The summed E-state index contributed by atoms with van der Waals surface area (Å²) in [6.07, 6.45) is 2.81. The minimum Gasteiger partial charge on any atom is -0.486 e. The normalized spacial score (nSPS) is 13.6. The molecule has 25 heavy (non-hydrogen) atoms. The van der Waals surface area contributed by atoms with Crippen molar-refractivity contribution < 1.29 is 18.7 Å². The van der Waals surface area contributed by atoms with Crippen molar-refractivity contribution in [1.82, 2.24) is 10.3 Å². The van der Waals surface area contributed by atoms with Crippen molar-refractivity contribution in [3.8, 4) is 22.8 Å². The number of nitrogens with two attached hydrogens (primary N) is 1. The van der Waals surface area contributed by atoms with Crippen LogP contribution >= 0.6 is 0 Å². The number of fused-ring (bicyclic) bond motifs is 1. The lowest BCUT2D eigenvalue weighted by atomic mass is 9.94. The van der Waals surface area contributed by atoms with E-state index >= 15 is 0 Å². The van der Waals surface area contributed by atoms with Gasteiger partial charge in [-0.15, -0.1) is 0 Å².